The predicted octanol–water partition coefficient (Wildman–Crippen LogP) is 1.21. The summed E-state index contributed by atoms with van der Waals surface area (Å²) in [5, 5.41) is 16.7. The number of hydrogen-bond donors (Lipinski definition) is 4. The molecule has 3 atom stereocenters. The first-order valence-corrected chi connectivity index (χ1v) is 10.2. The number of aromatic nitrogens is 3. The van der Waals surface area contributed by atoms with Crippen LogP contribution in [-0.4, -0.2) is 57.8 Å². The maximum absolute atomic E-state index is 12.6. The van der Waals surface area contributed by atoms with Crippen molar-refractivity contribution in [2.75, 3.05) is 7.11 Å². The lowest BCUT2D eigenvalue weighted by Gasteiger charge is -2.35. The highest BCUT2D eigenvalue weighted by Gasteiger charge is 2.35. The van der Waals surface area contributed by atoms with Crippen molar-refractivity contribution in [2.45, 2.75) is 56.7 Å². The summed E-state index contributed by atoms with van der Waals surface area (Å²) in [5.74, 6) is 1.24. The number of methoxy groups -OCH3 is 1. The molecule has 11 heteroatoms. The minimum atomic E-state index is -0.250. The number of nitrogens with zero attached hydrogens (tertiary/aromatic N) is 2. The monoisotopic (exact) mass is 433 g/mol. The van der Waals surface area contributed by atoms with Gasteiger partial charge < -0.3 is 30.0 Å². The summed E-state index contributed by atoms with van der Waals surface area (Å²) in [6, 6.07) is 1.61. The fourth-order valence-corrected chi connectivity index (χ4v) is 3.66. The van der Waals surface area contributed by atoms with Crippen molar-refractivity contribution in [3.05, 3.63) is 35.7 Å². The van der Waals surface area contributed by atoms with Gasteiger partial charge in [0.25, 0.3) is 12.4 Å². The molecule has 0 unspecified atom stereocenters. The van der Waals surface area contributed by atoms with Crippen molar-refractivity contribution < 1.29 is 28.8 Å². The van der Waals surface area contributed by atoms with Gasteiger partial charge in [-0.05, 0) is 38.2 Å². The third-order valence-electron chi connectivity index (χ3n) is 5.48. The second-order valence-corrected chi connectivity index (χ2v) is 7.61. The zero-order valence-electron chi connectivity index (χ0n) is 17.2. The molecule has 2 aromatic rings. The molecule has 2 heterocycles. The summed E-state index contributed by atoms with van der Waals surface area (Å²) in [7, 11) is 1.61. The molecule has 168 valence electrons. The van der Waals surface area contributed by atoms with E-state index in [-0.39, 0.29) is 42.9 Å². The fourth-order valence-electron chi connectivity index (χ4n) is 3.66. The molecule has 11 nitrogen and oxygen atoms in total. The summed E-state index contributed by atoms with van der Waals surface area (Å²) < 4.78 is 10.8. The predicted molar refractivity (Wildman–Crippen MR) is 107 cm³/mol. The van der Waals surface area contributed by atoms with E-state index < -0.39 is 0 Å². The highest BCUT2D eigenvalue weighted by atomic mass is 16.5. The molecular formula is C20H27N5O6. The number of aromatic amines is 1. The third-order valence-corrected chi connectivity index (χ3v) is 5.48. The number of carboxylic acid groups (broad SMARTS) is 1. The highest BCUT2D eigenvalue weighted by Crippen LogP contribution is 2.38. The topological polar surface area (TPSA) is 159 Å². The van der Waals surface area contributed by atoms with Gasteiger partial charge in [-0.15, -0.1) is 0 Å². The van der Waals surface area contributed by atoms with E-state index in [0.29, 0.717) is 36.6 Å². The van der Waals surface area contributed by atoms with Gasteiger partial charge in [-0.1, -0.05) is 5.16 Å². The van der Waals surface area contributed by atoms with Crippen LogP contribution in [0.15, 0.2) is 23.0 Å². The Labute approximate surface area is 178 Å². The maximum atomic E-state index is 12.6. The molecule has 0 aliphatic heterocycles. The van der Waals surface area contributed by atoms with E-state index in [9.17, 15) is 9.59 Å². The third kappa shape index (κ3) is 6.14. The van der Waals surface area contributed by atoms with Crippen molar-refractivity contribution in [1.29, 1.82) is 0 Å². The standard InChI is InChI=1S/C19H25N5O4.CH2O2/c1-27-15-8-12(4-5-14(15)22-19(26)13-6-7-20-9-13)18(25)21-10-16-23-17(24-28-16)11-2-3-11;2-1-3/h6-7,9,11-12,14-15,20H,2-5,8,10H2,1H3,(H,21,25)(H,22,26);1H,(H,2,3)/t12-,14+,15+;/m0./s1. The van der Waals surface area contributed by atoms with Gasteiger partial charge in [-0.2, -0.15) is 4.98 Å². The maximum Gasteiger partial charge on any atom is 0.290 e. The second kappa shape index (κ2) is 10.7. The summed E-state index contributed by atoms with van der Waals surface area (Å²) in [6.07, 6.45) is 7.28. The Bertz CT molecular complexity index is 863. The molecule has 2 saturated carbocycles. The van der Waals surface area contributed by atoms with Crippen LogP contribution in [0.3, 0.4) is 0 Å². The summed E-state index contributed by atoms with van der Waals surface area (Å²) in [6.45, 7) is -0.0135. The number of hydrogen-bond acceptors (Lipinski definition) is 7. The van der Waals surface area contributed by atoms with E-state index in [2.05, 4.69) is 25.8 Å². The molecule has 0 radical (unpaired) electrons. The molecule has 0 aromatic carbocycles. The molecule has 4 rings (SSSR count). The first kappa shape index (κ1) is 22.5. The zero-order valence-corrected chi connectivity index (χ0v) is 17.2. The van der Waals surface area contributed by atoms with Crippen LogP contribution in [-0.2, 0) is 20.9 Å². The van der Waals surface area contributed by atoms with Gasteiger partial charge in [0.15, 0.2) is 5.82 Å². The van der Waals surface area contributed by atoms with Gasteiger partial charge in [0.2, 0.25) is 11.8 Å². The number of carbonyl (C=O) groups is 3. The number of H-pyrrole nitrogens is 1. The van der Waals surface area contributed by atoms with E-state index in [1.807, 2.05) is 0 Å². The molecular weight excluding hydrogens is 406 g/mol. The van der Waals surface area contributed by atoms with Crippen LogP contribution in [0.4, 0.5) is 0 Å². The van der Waals surface area contributed by atoms with Crippen LogP contribution in [0.2, 0.25) is 0 Å². The minimum Gasteiger partial charge on any atom is -0.483 e. The van der Waals surface area contributed by atoms with Gasteiger partial charge in [-0.3, -0.25) is 14.4 Å². The molecule has 0 bridgehead atoms. The first-order chi connectivity index (χ1) is 15.0. The largest absolute Gasteiger partial charge is 0.483 e. The van der Waals surface area contributed by atoms with Crippen LogP contribution < -0.4 is 10.6 Å². The summed E-state index contributed by atoms with van der Waals surface area (Å²) >= 11 is 0. The Hall–Kier alpha value is -3.21. The summed E-state index contributed by atoms with van der Waals surface area (Å²) in [5.41, 5.74) is 0.583. The lowest BCUT2D eigenvalue weighted by atomic mass is 9.83. The van der Waals surface area contributed by atoms with Crippen LogP contribution in [0.5, 0.6) is 0 Å². The molecule has 2 aromatic heterocycles. The molecule has 2 fully saturated rings. The second-order valence-electron chi connectivity index (χ2n) is 7.61. The smallest absolute Gasteiger partial charge is 0.290 e. The van der Waals surface area contributed by atoms with Crippen molar-refractivity contribution in [1.82, 2.24) is 25.8 Å². The van der Waals surface area contributed by atoms with E-state index in [1.165, 1.54) is 0 Å². The number of nitrogens with one attached hydrogen (secondary N) is 3. The Balaban J connectivity index is 0.000000858. The fraction of sp³-hybridized carbons (Fsp3) is 0.550. The Morgan fingerprint density at radius 2 is 2.13 bits per heavy atom. The molecule has 2 aliphatic carbocycles. The van der Waals surface area contributed by atoms with Gasteiger partial charge in [0.05, 0.1) is 24.3 Å². The Kier molecular flexibility index (Phi) is 7.76. The van der Waals surface area contributed by atoms with Gasteiger partial charge in [-0.25, -0.2) is 0 Å². The SMILES string of the molecule is CO[C@@H]1C[C@@H](C(=O)NCc2nc(C3CC3)no2)CC[C@H]1NC(=O)c1cc[nH]c1.O=CO. The molecule has 0 saturated heterocycles. The van der Waals surface area contributed by atoms with Crippen molar-refractivity contribution in [3.63, 3.8) is 0 Å². The quantitative estimate of drug-likeness (QED) is 0.474. The molecule has 0 spiro atoms. The van der Waals surface area contributed by atoms with Crippen molar-refractivity contribution >= 4 is 18.3 Å². The van der Waals surface area contributed by atoms with Gasteiger partial charge in [0, 0.05) is 31.3 Å². The summed E-state index contributed by atoms with van der Waals surface area (Å²) in [4.78, 5) is 40.4. The van der Waals surface area contributed by atoms with Crippen molar-refractivity contribution in [3.8, 4) is 0 Å². The van der Waals surface area contributed by atoms with E-state index in [4.69, 9.17) is 19.2 Å². The average Bonchev–Trinajstić information content (AvgIpc) is 3.27. The van der Waals surface area contributed by atoms with E-state index >= 15 is 0 Å². The van der Waals surface area contributed by atoms with Gasteiger partial charge in [0.1, 0.15) is 0 Å². The number of ether oxygens (including phenoxy) is 1. The van der Waals surface area contributed by atoms with Crippen LogP contribution in [0, 0.1) is 5.92 Å². The number of amides is 2. The Morgan fingerprint density at radius 1 is 1.35 bits per heavy atom. The number of rotatable bonds is 7. The highest BCUT2D eigenvalue weighted by molar-refractivity contribution is 5.94. The lowest BCUT2D eigenvalue weighted by molar-refractivity contribution is -0.128. The van der Waals surface area contributed by atoms with Gasteiger partial charge >= 0.3 is 0 Å². The van der Waals surface area contributed by atoms with E-state index in [0.717, 1.165) is 18.7 Å². The molecule has 4 N–H and O–H groups in total. The number of carbonyl (C=O) groups excluding carboxylic acids is 2. The molecule has 31 heavy (non-hydrogen) atoms. The lowest BCUT2D eigenvalue weighted by Crippen LogP contribution is -2.49. The van der Waals surface area contributed by atoms with E-state index in [1.54, 1.807) is 25.6 Å². The van der Waals surface area contributed by atoms with Crippen LogP contribution in [0.25, 0.3) is 0 Å². The molecule has 2 amide bonds. The van der Waals surface area contributed by atoms with Crippen molar-refractivity contribution in [2.24, 2.45) is 5.92 Å². The Morgan fingerprint density at radius 3 is 2.77 bits per heavy atom. The molecule has 2 aliphatic rings. The average molecular weight is 433 g/mol. The van der Waals surface area contributed by atoms with Crippen LogP contribution >= 0.6 is 0 Å². The zero-order chi connectivity index (χ0) is 22.2. The van der Waals surface area contributed by atoms with Crippen LogP contribution in [0.1, 0.15) is 60.1 Å². The first-order valence-electron chi connectivity index (χ1n) is 10.2. The minimum absolute atomic E-state index is 0.0522. The normalized spacial score (nSPS) is 22.7.